The van der Waals surface area contributed by atoms with Crippen molar-refractivity contribution in [2.24, 2.45) is 5.10 Å². The summed E-state index contributed by atoms with van der Waals surface area (Å²) in [6, 6.07) is 16.3. The van der Waals surface area contributed by atoms with E-state index in [1.165, 1.54) is 22.4 Å². The van der Waals surface area contributed by atoms with Gasteiger partial charge < -0.3 is 0 Å². The lowest BCUT2D eigenvalue weighted by Crippen LogP contribution is -2.04. The van der Waals surface area contributed by atoms with Crippen molar-refractivity contribution in [2.45, 2.75) is 20.4 Å². The molecule has 146 valence electrons. The van der Waals surface area contributed by atoms with Gasteiger partial charge in [-0.2, -0.15) is 20.0 Å². The third kappa shape index (κ3) is 3.93. The molecule has 29 heavy (non-hydrogen) atoms. The number of nitrogens with one attached hydrogen (secondary N) is 1. The van der Waals surface area contributed by atoms with Gasteiger partial charge in [0.05, 0.1) is 18.5 Å². The highest BCUT2D eigenvalue weighted by Gasteiger charge is 2.12. The highest BCUT2D eigenvalue weighted by atomic mass is 32.1. The summed E-state index contributed by atoms with van der Waals surface area (Å²) >= 11 is 5.30. The minimum Gasteiger partial charge on any atom is -0.265 e. The number of halogens is 1. The Morgan fingerprint density at radius 1 is 1.14 bits per heavy atom. The number of benzene rings is 2. The number of aromatic amines is 1. The summed E-state index contributed by atoms with van der Waals surface area (Å²) in [5.74, 6) is 0.0959. The molecule has 4 aromatic rings. The zero-order valence-corrected chi connectivity index (χ0v) is 16.8. The predicted octanol–water partition coefficient (Wildman–Crippen LogP) is 4.49. The Morgan fingerprint density at radius 2 is 1.93 bits per heavy atom. The third-order valence-electron chi connectivity index (χ3n) is 4.65. The van der Waals surface area contributed by atoms with Gasteiger partial charge in [0.1, 0.15) is 5.82 Å². The smallest absolute Gasteiger partial charge is 0.216 e. The van der Waals surface area contributed by atoms with Gasteiger partial charge in [-0.25, -0.2) is 9.49 Å². The van der Waals surface area contributed by atoms with Gasteiger partial charge in [-0.05, 0) is 43.8 Å². The van der Waals surface area contributed by atoms with E-state index >= 15 is 0 Å². The maximum absolute atomic E-state index is 13.6. The summed E-state index contributed by atoms with van der Waals surface area (Å²) < 4.78 is 17.4. The molecule has 4 rings (SSSR count). The second-order valence-corrected chi connectivity index (χ2v) is 7.03. The Balaban J connectivity index is 1.67. The second-order valence-electron chi connectivity index (χ2n) is 6.65. The van der Waals surface area contributed by atoms with Crippen molar-refractivity contribution in [1.82, 2.24) is 24.7 Å². The first kappa shape index (κ1) is 18.9. The fourth-order valence-electron chi connectivity index (χ4n) is 3.14. The van der Waals surface area contributed by atoms with Crippen LogP contribution in [0.2, 0.25) is 0 Å². The molecule has 0 aliphatic rings. The van der Waals surface area contributed by atoms with E-state index < -0.39 is 0 Å². The number of hydrogen-bond donors (Lipinski definition) is 1. The molecule has 6 nitrogen and oxygen atoms in total. The molecule has 8 heteroatoms. The number of aryl methyl sites for hydroxylation is 1. The highest BCUT2D eigenvalue weighted by Crippen LogP contribution is 2.19. The van der Waals surface area contributed by atoms with E-state index in [0.29, 0.717) is 22.7 Å². The minimum atomic E-state index is -0.346. The van der Waals surface area contributed by atoms with Gasteiger partial charge in [0, 0.05) is 16.8 Å². The van der Waals surface area contributed by atoms with Crippen molar-refractivity contribution in [3.05, 3.63) is 87.7 Å². The van der Waals surface area contributed by atoms with Gasteiger partial charge in [-0.3, -0.25) is 4.68 Å². The van der Waals surface area contributed by atoms with Crippen LogP contribution >= 0.6 is 12.2 Å². The van der Waals surface area contributed by atoms with E-state index in [0.717, 1.165) is 17.0 Å². The summed E-state index contributed by atoms with van der Waals surface area (Å²) in [5, 5.41) is 16.0. The third-order valence-corrected chi connectivity index (χ3v) is 4.91. The molecule has 2 aromatic carbocycles. The van der Waals surface area contributed by atoms with Crippen LogP contribution in [0.15, 0.2) is 59.7 Å². The van der Waals surface area contributed by atoms with E-state index in [1.54, 1.807) is 18.3 Å². The van der Waals surface area contributed by atoms with Gasteiger partial charge in [-0.1, -0.05) is 42.5 Å². The van der Waals surface area contributed by atoms with Gasteiger partial charge in [0.25, 0.3) is 0 Å². The summed E-state index contributed by atoms with van der Waals surface area (Å²) in [5.41, 5.74) is 4.53. The van der Waals surface area contributed by atoms with Crippen molar-refractivity contribution in [3.8, 4) is 11.4 Å². The lowest BCUT2D eigenvalue weighted by molar-refractivity contribution is 0.628. The molecule has 0 saturated heterocycles. The van der Waals surface area contributed by atoms with Crippen molar-refractivity contribution in [1.29, 1.82) is 0 Å². The van der Waals surface area contributed by atoms with E-state index in [4.69, 9.17) is 12.2 Å². The lowest BCUT2D eigenvalue weighted by atomic mass is 10.2. The van der Waals surface area contributed by atoms with Gasteiger partial charge >= 0.3 is 0 Å². The maximum atomic E-state index is 13.6. The monoisotopic (exact) mass is 406 g/mol. The molecule has 0 unspecified atom stereocenters. The minimum absolute atomic E-state index is 0.326. The number of hydrogen-bond acceptors (Lipinski definition) is 4. The molecule has 0 aliphatic carbocycles. The summed E-state index contributed by atoms with van der Waals surface area (Å²) in [7, 11) is 0. The number of aromatic nitrogens is 5. The maximum Gasteiger partial charge on any atom is 0.216 e. The molecule has 0 aliphatic heterocycles. The fraction of sp³-hybridized carbons (Fsp3) is 0.143. The van der Waals surface area contributed by atoms with Crippen molar-refractivity contribution >= 4 is 18.4 Å². The van der Waals surface area contributed by atoms with Crippen LogP contribution in [0, 0.1) is 24.4 Å². The molecule has 2 aromatic heterocycles. The van der Waals surface area contributed by atoms with Gasteiger partial charge in [0.2, 0.25) is 4.77 Å². The average molecular weight is 406 g/mol. The number of nitrogens with zero attached hydrogens (tertiary/aromatic N) is 5. The molecular weight excluding hydrogens is 387 g/mol. The molecular formula is C21H19FN6S. The molecule has 0 saturated carbocycles. The Morgan fingerprint density at radius 3 is 2.69 bits per heavy atom. The standard InChI is InChI=1S/C21H19FN6S/c1-14-19(15(2)27(26-14)13-16-7-4-3-5-8-16)12-23-28-20(24-25-21(28)29)17-9-6-10-18(22)11-17/h3-12H,13H2,1-2H3,(H,25,29)/b23-12-. The molecule has 0 atom stereocenters. The molecule has 0 bridgehead atoms. The van der Waals surface area contributed by atoms with E-state index in [1.807, 2.05) is 36.7 Å². The van der Waals surface area contributed by atoms with Crippen LogP contribution in [-0.4, -0.2) is 30.9 Å². The normalized spacial score (nSPS) is 11.4. The van der Waals surface area contributed by atoms with E-state index in [-0.39, 0.29) is 5.82 Å². The molecule has 0 fully saturated rings. The van der Waals surface area contributed by atoms with Crippen LogP contribution in [0.1, 0.15) is 22.5 Å². The lowest BCUT2D eigenvalue weighted by Gasteiger charge is -2.04. The molecule has 1 N–H and O–H groups in total. The highest BCUT2D eigenvalue weighted by molar-refractivity contribution is 7.71. The van der Waals surface area contributed by atoms with Crippen LogP contribution in [0.25, 0.3) is 11.4 Å². The zero-order valence-electron chi connectivity index (χ0n) is 16.0. The summed E-state index contributed by atoms with van der Waals surface area (Å²) in [6.07, 6.45) is 1.72. The number of H-pyrrole nitrogens is 1. The first-order chi connectivity index (χ1) is 14.0. The summed E-state index contributed by atoms with van der Waals surface area (Å²) in [4.78, 5) is 0. The van der Waals surface area contributed by atoms with Gasteiger partial charge in [0.15, 0.2) is 5.82 Å². The Hall–Kier alpha value is -3.39. The molecule has 2 heterocycles. The Labute approximate surface area is 172 Å². The second kappa shape index (κ2) is 7.92. The molecule has 0 radical (unpaired) electrons. The number of rotatable bonds is 5. The van der Waals surface area contributed by atoms with Crippen LogP contribution in [-0.2, 0) is 6.54 Å². The fourth-order valence-corrected chi connectivity index (χ4v) is 3.32. The topological polar surface area (TPSA) is 63.8 Å². The van der Waals surface area contributed by atoms with Crippen molar-refractivity contribution in [2.75, 3.05) is 0 Å². The first-order valence-corrected chi connectivity index (χ1v) is 9.49. The first-order valence-electron chi connectivity index (χ1n) is 9.08. The zero-order chi connectivity index (χ0) is 20.4. The molecule has 0 spiro atoms. The van der Waals surface area contributed by atoms with Crippen LogP contribution in [0.4, 0.5) is 4.39 Å². The molecule has 0 amide bonds. The van der Waals surface area contributed by atoms with Crippen LogP contribution in [0.3, 0.4) is 0 Å². The Kier molecular flexibility index (Phi) is 5.18. The van der Waals surface area contributed by atoms with Gasteiger partial charge in [-0.15, -0.1) is 0 Å². The van der Waals surface area contributed by atoms with E-state index in [2.05, 4.69) is 32.5 Å². The quantitative estimate of drug-likeness (QED) is 0.392. The van der Waals surface area contributed by atoms with Crippen molar-refractivity contribution in [3.63, 3.8) is 0 Å². The SMILES string of the molecule is Cc1nn(Cc2ccccc2)c(C)c1/C=N\n1c(-c2cccc(F)c2)n[nH]c1=S. The predicted molar refractivity (Wildman–Crippen MR) is 113 cm³/mol. The van der Waals surface area contributed by atoms with E-state index in [9.17, 15) is 4.39 Å². The van der Waals surface area contributed by atoms with Crippen LogP contribution in [0.5, 0.6) is 0 Å². The van der Waals surface area contributed by atoms with Crippen molar-refractivity contribution < 1.29 is 4.39 Å². The Bertz CT molecular complexity index is 1240. The largest absolute Gasteiger partial charge is 0.265 e. The summed E-state index contributed by atoms with van der Waals surface area (Å²) in [6.45, 7) is 4.63. The average Bonchev–Trinajstić information content (AvgIpc) is 3.20. The van der Waals surface area contributed by atoms with Crippen LogP contribution < -0.4 is 0 Å².